The molecule has 0 saturated carbocycles. The van der Waals surface area contributed by atoms with Crippen LogP contribution < -0.4 is 16.0 Å². The van der Waals surface area contributed by atoms with E-state index < -0.39 is 12.1 Å². The number of hydrogen-bond acceptors (Lipinski definition) is 8. The summed E-state index contributed by atoms with van der Waals surface area (Å²) in [5.74, 6) is 2.51. The Labute approximate surface area is 353 Å². The molecule has 9 rings (SSSR count). The van der Waals surface area contributed by atoms with E-state index in [1.165, 1.54) is 7.11 Å². The van der Waals surface area contributed by atoms with Gasteiger partial charge < -0.3 is 40.5 Å². The molecule has 3 aromatic carbocycles. The number of carbonyl (C=O) groups excluding carboxylic acids is 4. The minimum Gasteiger partial charge on any atom is -0.453 e. The molecule has 4 fully saturated rings. The molecular formula is C45H53N9O5S. The van der Waals surface area contributed by atoms with Gasteiger partial charge in [-0.2, -0.15) is 11.8 Å². The van der Waals surface area contributed by atoms with Crippen LogP contribution in [0.4, 0.5) is 9.59 Å². The van der Waals surface area contributed by atoms with E-state index in [9.17, 15) is 19.2 Å². The zero-order chi connectivity index (χ0) is 41.5. The van der Waals surface area contributed by atoms with Crippen LogP contribution in [0, 0.1) is 5.92 Å². The predicted molar refractivity (Wildman–Crippen MR) is 232 cm³/mol. The second-order valence-electron chi connectivity index (χ2n) is 16.9. The highest BCUT2D eigenvalue weighted by Gasteiger charge is 2.43. The fraction of sp³-hybridized carbons (Fsp3) is 0.467. The van der Waals surface area contributed by atoms with Gasteiger partial charge in [0.15, 0.2) is 0 Å². The highest BCUT2D eigenvalue weighted by molar-refractivity contribution is 8.00. The number of amides is 5. The van der Waals surface area contributed by atoms with E-state index >= 15 is 0 Å². The van der Waals surface area contributed by atoms with Crippen LogP contribution in [-0.2, 0) is 14.3 Å². The Kier molecular flexibility index (Phi) is 11.2. The van der Waals surface area contributed by atoms with Gasteiger partial charge in [-0.05, 0) is 91.0 Å². The number of methoxy groups -OCH3 is 1. The van der Waals surface area contributed by atoms with Gasteiger partial charge in [0, 0.05) is 30.5 Å². The third-order valence-corrected chi connectivity index (χ3v) is 14.3. The van der Waals surface area contributed by atoms with Crippen molar-refractivity contribution >= 4 is 57.8 Å². The van der Waals surface area contributed by atoms with Crippen LogP contribution in [0.25, 0.3) is 44.3 Å². The minimum atomic E-state index is -0.685. The van der Waals surface area contributed by atoms with Crippen LogP contribution >= 0.6 is 11.8 Å². The number of imidazole rings is 2. The average Bonchev–Trinajstić information content (AvgIpc) is 4.11. The van der Waals surface area contributed by atoms with Crippen molar-refractivity contribution in [2.24, 2.45) is 5.92 Å². The normalized spacial score (nSPS) is 23.0. The van der Waals surface area contributed by atoms with E-state index in [-0.39, 0.29) is 47.9 Å². The standard InChI is InChI=1S/C45H53N9O5S/c1-25(2)39(52-45(58)59-3)43(56)54-21-7-9-36(54)42-47-31-19-17-29(23-33(31)49-42)27-14-12-26(13-15-27)28-16-18-30-32(22-28)48-41(46-30)35-8-6-20-53(35)38(55)11-5-4-10-37-40-34(24-60-37)50-44(57)51-40/h12-19,22-23,25,34-37,39-40H,4-11,20-21,24H2,1-3H3,(H,46,48)(H,47,49)(H,52,58)(H2,50,51,57)/t34-,35-,36-,37-,39-,40-/m0/s1. The van der Waals surface area contributed by atoms with E-state index in [4.69, 9.17) is 14.7 Å². The molecule has 5 aromatic rings. The van der Waals surface area contributed by atoms with Gasteiger partial charge in [0.25, 0.3) is 0 Å². The Balaban J connectivity index is 0.836. The molecule has 4 aliphatic heterocycles. The van der Waals surface area contributed by atoms with Gasteiger partial charge in [-0.3, -0.25) is 9.59 Å². The topological polar surface area (TPSA) is 177 Å². The number of fused-ring (bicyclic) bond motifs is 3. The molecular weight excluding hydrogens is 779 g/mol. The van der Waals surface area contributed by atoms with E-state index in [0.717, 1.165) is 113 Å². The number of benzene rings is 3. The molecule has 0 spiro atoms. The predicted octanol–water partition coefficient (Wildman–Crippen LogP) is 7.21. The number of H-pyrrole nitrogens is 2. The van der Waals surface area contributed by atoms with Gasteiger partial charge >= 0.3 is 12.1 Å². The maximum atomic E-state index is 13.6. The summed E-state index contributed by atoms with van der Waals surface area (Å²) >= 11 is 1.92. The number of rotatable bonds is 12. The van der Waals surface area contributed by atoms with Crippen molar-refractivity contribution in [3.8, 4) is 22.3 Å². The quantitative estimate of drug-likeness (QED) is 0.0647. The maximum Gasteiger partial charge on any atom is 0.407 e. The molecule has 0 radical (unpaired) electrons. The Hall–Kier alpha value is -5.57. The number of unbranched alkanes of at least 4 members (excludes halogenated alkanes) is 1. The number of thioether (sulfide) groups is 1. The van der Waals surface area contributed by atoms with Gasteiger partial charge in [-0.25, -0.2) is 19.6 Å². The van der Waals surface area contributed by atoms with Crippen LogP contribution in [0.3, 0.4) is 0 Å². The molecule has 5 N–H and O–H groups in total. The second-order valence-corrected chi connectivity index (χ2v) is 18.2. The second kappa shape index (κ2) is 16.8. The number of urea groups is 1. The monoisotopic (exact) mass is 831 g/mol. The fourth-order valence-corrected chi connectivity index (χ4v) is 11.1. The molecule has 0 bridgehead atoms. The Bertz CT molecular complexity index is 2410. The first-order valence-corrected chi connectivity index (χ1v) is 22.4. The van der Waals surface area contributed by atoms with Gasteiger partial charge in [-0.15, -0.1) is 0 Å². The van der Waals surface area contributed by atoms with Crippen molar-refractivity contribution in [3.05, 3.63) is 72.3 Å². The number of aromatic amines is 2. The first-order chi connectivity index (χ1) is 29.1. The van der Waals surface area contributed by atoms with E-state index in [2.05, 4.69) is 80.5 Å². The van der Waals surface area contributed by atoms with Crippen molar-refractivity contribution < 1.29 is 23.9 Å². The summed E-state index contributed by atoms with van der Waals surface area (Å²) in [4.78, 5) is 71.6. The summed E-state index contributed by atoms with van der Waals surface area (Å²) < 4.78 is 4.78. The summed E-state index contributed by atoms with van der Waals surface area (Å²) in [6.45, 7) is 5.18. The summed E-state index contributed by atoms with van der Waals surface area (Å²) in [6.07, 6.45) is 6.24. The molecule has 15 heteroatoms. The lowest BCUT2D eigenvalue weighted by Gasteiger charge is -2.29. The van der Waals surface area contributed by atoms with Crippen molar-refractivity contribution in [2.45, 2.75) is 101 Å². The van der Waals surface area contributed by atoms with Crippen LogP contribution in [0.1, 0.15) is 88.9 Å². The van der Waals surface area contributed by atoms with Crippen molar-refractivity contribution in [3.63, 3.8) is 0 Å². The largest absolute Gasteiger partial charge is 0.453 e. The van der Waals surface area contributed by atoms with Gasteiger partial charge in [-0.1, -0.05) is 56.7 Å². The fourth-order valence-electron chi connectivity index (χ4n) is 9.54. The summed E-state index contributed by atoms with van der Waals surface area (Å²) in [6, 6.07) is 20.4. The van der Waals surface area contributed by atoms with Gasteiger partial charge in [0.2, 0.25) is 11.8 Å². The number of likely N-dealkylation sites (tertiary alicyclic amines) is 2. The molecule has 0 aliphatic carbocycles. The summed E-state index contributed by atoms with van der Waals surface area (Å²) in [5.41, 5.74) is 7.87. The highest BCUT2D eigenvalue weighted by atomic mass is 32.2. The average molecular weight is 832 g/mol. The summed E-state index contributed by atoms with van der Waals surface area (Å²) in [7, 11) is 1.30. The SMILES string of the molecule is COC(=O)N[C@H](C(=O)N1CCC[C@H]1c1nc2ccc(-c3ccc(-c4ccc5nc([C@@H]6CCCN6C(=O)CCCC[C@@H]6SC[C@@H]7NC(=O)N[C@@H]76)[nH]c5c4)cc3)cc2[nH]1)C(C)C. The molecule has 4 saturated heterocycles. The van der Waals surface area contributed by atoms with Gasteiger partial charge in [0.05, 0.1) is 53.3 Å². The zero-order valence-corrected chi connectivity index (χ0v) is 35.1. The first kappa shape index (κ1) is 39.9. The van der Waals surface area contributed by atoms with Crippen molar-refractivity contribution in [1.82, 2.24) is 45.7 Å². The number of nitrogens with zero attached hydrogens (tertiary/aromatic N) is 4. The number of alkyl carbamates (subject to hydrolysis) is 1. The Morgan fingerprint density at radius 2 is 1.40 bits per heavy atom. The molecule has 4 aliphatic rings. The van der Waals surface area contributed by atoms with Crippen LogP contribution in [0.15, 0.2) is 60.7 Å². The molecule has 314 valence electrons. The highest BCUT2D eigenvalue weighted by Crippen LogP contribution is 2.37. The van der Waals surface area contributed by atoms with Crippen LogP contribution in [0.2, 0.25) is 0 Å². The van der Waals surface area contributed by atoms with E-state index in [1.54, 1.807) is 0 Å². The van der Waals surface area contributed by atoms with Gasteiger partial charge in [0.1, 0.15) is 17.7 Å². The minimum absolute atomic E-state index is 0.0472. The van der Waals surface area contributed by atoms with Crippen molar-refractivity contribution in [1.29, 1.82) is 0 Å². The Morgan fingerprint density at radius 1 is 0.817 bits per heavy atom. The number of ether oxygens (including phenoxy) is 1. The lowest BCUT2D eigenvalue weighted by Crippen LogP contribution is -2.51. The lowest BCUT2D eigenvalue weighted by atomic mass is 10.00. The molecule has 14 nitrogen and oxygen atoms in total. The van der Waals surface area contributed by atoms with Crippen molar-refractivity contribution in [2.75, 3.05) is 26.0 Å². The smallest absolute Gasteiger partial charge is 0.407 e. The van der Waals surface area contributed by atoms with E-state index in [1.807, 2.05) is 41.5 Å². The maximum absolute atomic E-state index is 13.6. The lowest BCUT2D eigenvalue weighted by molar-refractivity contribution is -0.135. The molecule has 6 heterocycles. The zero-order valence-electron chi connectivity index (χ0n) is 34.3. The molecule has 60 heavy (non-hydrogen) atoms. The first-order valence-electron chi connectivity index (χ1n) is 21.4. The molecule has 0 unspecified atom stereocenters. The number of aromatic nitrogens is 4. The molecule has 5 amide bonds. The number of nitrogens with one attached hydrogen (secondary N) is 5. The number of carbonyl (C=O) groups is 4. The molecule has 2 aromatic heterocycles. The van der Waals surface area contributed by atoms with Crippen LogP contribution in [0.5, 0.6) is 0 Å². The third kappa shape index (κ3) is 7.91. The van der Waals surface area contributed by atoms with E-state index in [0.29, 0.717) is 18.2 Å². The number of hydrogen-bond donors (Lipinski definition) is 5. The summed E-state index contributed by atoms with van der Waals surface area (Å²) in [5, 5.41) is 9.19. The van der Waals surface area contributed by atoms with Crippen LogP contribution in [-0.4, -0.2) is 103 Å². The Morgan fingerprint density at radius 3 is 2.00 bits per heavy atom. The third-order valence-electron chi connectivity index (χ3n) is 12.8. The molecule has 6 atom stereocenters.